The van der Waals surface area contributed by atoms with Crippen molar-refractivity contribution in [2.24, 2.45) is 5.73 Å². The Morgan fingerprint density at radius 2 is 2.19 bits per heavy atom. The minimum atomic E-state index is -3.42. The van der Waals surface area contributed by atoms with Gasteiger partial charge in [-0.05, 0) is 24.5 Å². The van der Waals surface area contributed by atoms with Gasteiger partial charge in [0.05, 0.1) is 0 Å². The van der Waals surface area contributed by atoms with Crippen molar-refractivity contribution < 1.29 is 8.42 Å². The molecular weight excluding hydrogens is 226 g/mol. The Morgan fingerprint density at radius 1 is 1.50 bits per heavy atom. The lowest BCUT2D eigenvalue weighted by atomic mass is 10.3. The summed E-state index contributed by atoms with van der Waals surface area (Å²) in [5.74, 6) is 0. The molecule has 1 heterocycles. The number of nitrogens with two attached hydrogens (primary N) is 1. The summed E-state index contributed by atoms with van der Waals surface area (Å²) in [6, 6.07) is 3.36. The average molecular weight is 241 g/mol. The SMILES string of the molecule is CN(C1CC1)S(=O)(=O)c1ccc(CN)cn1. The van der Waals surface area contributed by atoms with Crippen LogP contribution >= 0.6 is 0 Å². The van der Waals surface area contributed by atoms with Crippen molar-refractivity contribution in [1.82, 2.24) is 9.29 Å². The summed E-state index contributed by atoms with van der Waals surface area (Å²) in [6.07, 6.45) is 3.39. The van der Waals surface area contributed by atoms with Gasteiger partial charge < -0.3 is 5.73 Å². The number of sulfonamides is 1. The third kappa shape index (κ3) is 2.09. The van der Waals surface area contributed by atoms with Gasteiger partial charge in [0.2, 0.25) is 0 Å². The minimum Gasteiger partial charge on any atom is -0.326 e. The van der Waals surface area contributed by atoms with Crippen LogP contribution in [0.3, 0.4) is 0 Å². The van der Waals surface area contributed by atoms with Crippen LogP contribution in [0.15, 0.2) is 23.4 Å². The first kappa shape index (κ1) is 11.5. The van der Waals surface area contributed by atoms with E-state index in [4.69, 9.17) is 5.73 Å². The van der Waals surface area contributed by atoms with Crippen LogP contribution in [-0.2, 0) is 16.6 Å². The van der Waals surface area contributed by atoms with Gasteiger partial charge in [-0.15, -0.1) is 0 Å². The highest BCUT2D eigenvalue weighted by molar-refractivity contribution is 7.89. The van der Waals surface area contributed by atoms with Crippen LogP contribution < -0.4 is 5.73 Å². The molecule has 0 aromatic carbocycles. The predicted molar refractivity (Wildman–Crippen MR) is 60.1 cm³/mol. The van der Waals surface area contributed by atoms with Crippen molar-refractivity contribution in [2.45, 2.75) is 30.5 Å². The van der Waals surface area contributed by atoms with Crippen molar-refractivity contribution in [3.05, 3.63) is 23.9 Å². The van der Waals surface area contributed by atoms with Crippen molar-refractivity contribution in [3.63, 3.8) is 0 Å². The summed E-state index contributed by atoms with van der Waals surface area (Å²) in [6.45, 7) is 0.367. The molecule has 1 aliphatic rings. The molecule has 6 heteroatoms. The van der Waals surface area contributed by atoms with E-state index in [1.54, 1.807) is 13.1 Å². The van der Waals surface area contributed by atoms with Crippen LogP contribution in [-0.4, -0.2) is 30.8 Å². The van der Waals surface area contributed by atoms with Gasteiger partial charge in [-0.2, -0.15) is 4.31 Å². The van der Waals surface area contributed by atoms with Gasteiger partial charge in [-0.25, -0.2) is 13.4 Å². The number of hydrogen-bond acceptors (Lipinski definition) is 4. The maximum atomic E-state index is 12.0. The van der Waals surface area contributed by atoms with Crippen LogP contribution in [0.1, 0.15) is 18.4 Å². The molecule has 2 rings (SSSR count). The zero-order chi connectivity index (χ0) is 11.8. The summed E-state index contributed by atoms with van der Waals surface area (Å²) in [5, 5.41) is 0.0964. The number of nitrogens with zero attached hydrogens (tertiary/aromatic N) is 2. The lowest BCUT2D eigenvalue weighted by molar-refractivity contribution is 0.461. The van der Waals surface area contributed by atoms with Gasteiger partial charge in [0.25, 0.3) is 10.0 Å². The molecule has 16 heavy (non-hydrogen) atoms. The van der Waals surface area contributed by atoms with E-state index in [2.05, 4.69) is 4.98 Å². The second-order valence-electron chi connectivity index (χ2n) is 3.96. The zero-order valence-corrected chi connectivity index (χ0v) is 9.94. The molecule has 0 atom stereocenters. The third-order valence-electron chi connectivity index (χ3n) is 2.74. The van der Waals surface area contributed by atoms with E-state index in [0.29, 0.717) is 6.54 Å². The van der Waals surface area contributed by atoms with Crippen molar-refractivity contribution >= 4 is 10.0 Å². The van der Waals surface area contributed by atoms with E-state index < -0.39 is 10.0 Å². The molecule has 0 aliphatic heterocycles. The Labute approximate surface area is 95.3 Å². The molecule has 0 unspecified atom stereocenters. The lowest BCUT2D eigenvalue weighted by Crippen LogP contribution is -2.29. The Kier molecular flexibility index (Phi) is 2.96. The fourth-order valence-corrected chi connectivity index (χ4v) is 2.79. The minimum absolute atomic E-state index is 0.0964. The van der Waals surface area contributed by atoms with Gasteiger partial charge in [0.1, 0.15) is 0 Å². The largest absolute Gasteiger partial charge is 0.326 e. The molecule has 0 amide bonds. The summed E-state index contributed by atoms with van der Waals surface area (Å²) < 4.78 is 25.5. The molecule has 0 radical (unpaired) electrons. The van der Waals surface area contributed by atoms with Crippen LogP contribution in [0, 0.1) is 0 Å². The number of hydrogen-bond donors (Lipinski definition) is 1. The molecular formula is C10H15N3O2S. The van der Waals surface area contributed by atoms with E-state index in [1.807, 2.05) is 0 Å². The maximum Gasteiger partial charge on any atom is 0.260 e. The fourth-order valence-electron chi connectivity index (χ4n) is 1.47. The monoisotopic (exact) mass is 241 g/mol. The highest BCUT2D eigenvalue weighted by Gasteiger charge is 2.35. The van der Waals surface area contributed by atoms with E-state index in [1.165, 1.54) is 16.6 Å². The van der Waals surface area contributed by atoms with Gasteiger partial charge in [-0.3, -0.25) is 0 Å². The standard InChI is InChI=1S/C10H15N3O2S/c1-13(9-3-4-9)16(14,15)10-5-2-8(6-11)7-12-10/h2,5,7,9H,3-4,6,11H2,1H3. The molecule has 0 bridgehead atoms. The summed E-state index contributed by atoms with van der Waals surface area (Å²) in [5.41, 5.74) is 6.25. The Balaban J connectivity index is 2.27. The molecule has 1 aromatic rings. The maximum absolute atomic E-state index is 12.0. The number of pyridine rings is 1. The smallest absolute Gasteiger partial charge is 0.260 e. The van der Waals surface area contributed by atoms with Gasteiger partial charge in [0, 0.05) is 25.8 Å². The van der Waals surface area contributed by atoms with Crippen LogP contribution in [0.4, 0.5) is 0 Å². The van der Waals surface area contributed by atoms with Gasteiger partial charge in [-0.1, -0.05) is 6.07 Å². The van der Waals surface area contributed by atoms with E-state index in [9.17, 15) is 8.42 Å². The average Bonchev–Trinajstić information content (AvgIpc) is 3.12. The molecule has 1 saturated carbocycles. The molecule has 0 saturated heterocycles. The van der Waals surface area contributed by atoms with Crippen LogP contribution in [0.5, 0.6) is 0 Å². The van der Waals surface area contributed by atoms with Crippen molar-refractivity contribution in [2.75, 3.05) is 7.05 Å². The first-order chi connectivity index (χ1) is 7.55. The fraction of sp³-hybridized carbons (Fsp3) is 0.500. The van der Waals surface area contributed by atoms with Crippen molar-refractivity contribution in [3.8, 4) is 0 Å². The van der Waals surface area contributed by atoms with E-state index >= 15 is 0 Å². The Hall–Kier alpha value is -0.980. The predicted octanol–water partition coefficient (Wildman–Crippen LogP) is 0.323. The molecule has 1 fully saturated rings. The number of rotatable bonds is 4. The highest BCUT2D eigenvalue weighted by atomic mass is 32.2. The Bertz CT molecular complexity index is 465. The topological polar surface area (TPSA) is 76.3 Å². The highest BCUT2D eigenvalue weighted by Crippen LogP contribution is 2.29. The first-order valence-corrected chi connectivity index (χ1v) is 6.62. The second kappa shape index (κ2) is 4.12. The molecule has 1 aliphatic carbocycles. The quantitative estimate of drug-likeness (QED) is 0.823. The summed E-state index contributed by atoms with van der Waals surface area (Å²) in [4.78, 5) is 3.94. The van der Waals surface area contributed by atoms with Crippen LogP contribution in [0.2, 0.25) is 0 Å². The van der Waals surface area contributed by atoms with Crippen LogP contribution in [0.25, 0.3) is 0 Å². The van der Waals surface area contributed by atoms with E-state index in [-0.39, 0.29) is 11.1 Å². The third-order valence-corrected chi connectivity index (χ3v) is 4.56. The Morgan fingerprint density at radius 3 is 2.62 bits per heavy atom. The van der Waals surface area contributed by atoms with E-state index in [0.717, 1.165) is 18.4 Å². The van der Waals surface area contributed by atoms with Gasteiger partial charge in [0.15, 0.2) is 5.03 Å². The normalized spacial score (nSPS) is 16.7. The first-order valence-electron chi connectivity index (χ1n) is 5.18. The molecule has 1 aromatic heterocycles. The summed E-state index contributed by atoms with van der Waals surface area (Å²) >= 11 is 0. The number of aromatic nitrogens is 1. The van der Waals surface area contributed by atoms with Crippen molar-refractivity contribution in [1.29, 1.82) is 0 Å². The molecule has 0 spiro atoms. The molecule has 2 N–H and O–H groups in total. The molecule has 88 valence electrons. The van der Waals surface area contributed by atoms with Gasteiger partial charge >= 0.3 is 0 Å². The summed E-state index contributed by atoms with van der Waals surface area (Å²) in [7, 11) is -1.82. The lowest BCUT2D eigenvalue weighted by Gasteiger charge is -2.15. The molecule has 5 nitrogen and oxygen atoms in total. The second-order valence-corrected chi connectivity index (χ2v) is 5.91. The zero-order valence-electron chi connectivity index (χ0n) is 9.13.